The van der Waals surface area contributed by atoms with Crippen LogP contribution in [0.5, 0.6) is 0 Å². The van der Waals surface area contributed by atoms with Gasteiger partial charge in [0.25, 0.3) is 0 Å². The van der Waals surface area contributed by atoms with E-state index in [1.165, 1.54) is 9.08 Å². The van der Waals surface area contributed by atoms with Gasteiger partial charge in [-0.05, 0) is 47.0 Å². The molecule has 0 atom stereocenters. The summed E-state index contributed by atoms with van der Waals surface area (Å²) in [5, 5.41) is 14.6. The van der Waals surface area contributed by atoms with Crippen molar-refractivity contribution >= 4 is 28.8 Å². The van der Waals surface area contributed by atoms with Gasteiger partial charge in [0.2, 0.25) is 0 Å². The van der Waals surface area contributed by atoms with Gasteiger partial charge in [0.05, 0.1) is 19.0 Å². The average molecular weight is 409 g/mol. The van der Waals surface area contributed by atoms with E-state index >= 15 is 0 Å². The van der Waals surface area contributed by atoms with E-state index in [0.717, 1.165) is 22.3 Å². The summed E-state index contributed by atoms with van der Waals surface area (Å²) < 4.78 is 2.82. The van der Waals surface area contributed by atoms with Gasteiger partial charge in [-0.1, -0.05) is 47.5 Å². The molecule has 0 spiro atoms. The monoisotopic (exact) mass is 408 g/mol. The maximum atomic E-state index is 12.7. The third kappa shape index (κ3) is 3.29. The Bertz CT molecular complexity index is 1250. The van der Waals surface area contributed by atoms with Crippen molar-refractivity contribution in [2.45, 2.75) is 13.0 Å². The smallest absolute Gasteiger partial charge is 0.250 e. The van der Waals surface area contributed by atoms with Gasteiger partial charge in [0, 0.05) is 21.8 Å². The van der Waals surface area contributed by atoms with Crippen LogP contribution in [0, 0.1) is 11.3 Å². The number of benzene rings is 2. The molecule has 4 aromatic rings. The first-order valence-corrected chi connectivity index (χ1v) is 9.35. The van der Waals surface area contributed by atoms with Crippen molar-refractivity contribution < 1.29 is 0 Å². The van der Waals surface area contributed by atoms with Crippen molar-refractivity contribution in [3.8, 4) is 28.3 Å². The predicted molar refractivity (Wildman–Crippen MR) is 111 cm³/mol. The molecule has 138 valence electrons. The molecule has 0 aliphatic carbocycles. The highest BCUT2D eigenvalue weighted by molar-refractivity contribution is 6.31. The van der Waals surface area contributed by atoms with Gasteiger partial charge in [-0.15, -0.1) is 5.10 Å². The topological polar surface area (TPSA) is 63.1 Å². The third-order valence-electron chi connectivity index (χ3n) is 4.48. The second-order valence-corrected chi connectivity index (χ2v) is 7.10. The Labute approximate surface area is 171 Å². The second kappa shape index (κ2) is 7.51. The molecule has 0 amide bonds. The van der Waals surface area contributed by atoms with Crippen LogP contribution in [0.25, 0.3) is 27.9 Å². The van der Waals surface area contributed by atoms with Gasteiger partial charge in [0.1, 0.15) is 0 Å². The maximum Gasteiger partial charge on any atom is 0.350 e. The minimum absolute atomic E-state index is 0.212. The lowest BCUT2D eigenvalue weighted by Gasteiger charge is -2.11. The number of rotatable bonds is 4. The van der Waals surface area contributed by atoms with E-state index < -0.39 is 0 Å². The number of nitriles is 1. The molecule has 4 rings (SSSR count). The van der Waals surface area contributed by atoms with Crippen molar-refractivity contribution in [2.24, 2.45) is 0 Å². The van der Waals surface area contributed by atoms with Gasteiger partial charge in [-0.2, -0.15) is 5.26 Å². The van der Waals surface area contributed by atoms with Crippen molar-refractivity contribution in [1.82, 2.24) is 14.2 Å². The zero-order valence-corrected chi connectivity index (χ0v) is 16.2. The Morgan fingerprint density at radius 3 is 2.14 bits per heavy atom. The highest BCUT2D eigenvalue weighted by Gasteiger charge is 2.17. The van der Waals surface area contributed by atoms with Crippen LogP contribution in [0.4, 0.5) is 0 Å². The van der Waals surface area contributed by atoms with Crippen molar-refractivity contribution in [3.63, 3.8) is 0 Å². The highest BCUT2D eigenvalue weighted by Crippen LogP contribution is 2.35. The molecule has 2 aromatic heterocycles. The molecule has 0 unspecified atom stereocenters. The van der Waals surface area contributed by atoms with E-state index in [1.807, 2.05) is 48.5 Å². The molecule has 0 saturated carbocycles. The summed E-state index contributed by atoms with van der Waals surface area (Å²) in [7, 11) is 0. The first-order chi connectivity index (χ1) is 13.6. The number of pyridine rings is 1. The van der Waals surface area contributed by atoms with Crippen LogP contribution in [-0.2, 0) is 6.54 Å². The van der Waals surface area contributed by atoms with Crippen LogP contribution in [0.1, 0.15) is 6.42 Å². The van der Waals surface area contributed by atoms with Gasteiger partial charge < -0.3 is 0 Å². The number of aryl methyl sites for hydroxylation is 1. The molecular weight excluding hydrogens is 395 g/mol. The summed E-state index contributed by atoms with van der Waals surface area (Å²) >= 11 is 12.1. The molecule has 0 bridgehead atoms. The van der Waals surface area contributed by atoms with Gasteiger partial charge in [0.15, 0.2) is 5.65 Å². The van der Waals surface area contributed by atoms with Gasteiger partial charge in [-0.3, -0.25) is 0 Å². The number of fused-ring (bicyclic) bond motifs is 1. The SMILES string of the molecule is N#CCCn1nc2c(-c3ccc(Cl)cc3)c(-c3ccc(Cl)cc3)ccn2c1=O. The summed E-state index contributed by atoms with van der Waals surface area (Å²) in [4.78, 5) is 12.7. The summed E-state index contributed by atoms with van der Waals surface area (Å²) in [6, 6.07) is 18.8. The fourth-order valence-electron chi connectivity index (χ4n) is 3.15. The predicted octanol–water partition coefficient (Wildman–Crippen LogP) is 5.05. The second-order valence-electron chi connectivity index (χ2n) is 6.23. The molecule has 0 saturated heterocycles. The van der Waals surface area contributed by atoms with Gasteiger partial charge >= 0.3 is 5.69 Å². The van der Waals surface area contributed by atoms with E-state index in [9.17, 15) is 4.79 Å². The lowest BCUT2D eigenvalue weighted by molar-refractivity contribution is 0.604. The Morgan fingerprint density at radius 2 is 1.54 bits per heavy atom. The van der Waals surface area contributed by atoms with Crippen LogP contribution in [0.2, 0.25) is 10.0 Å². The molecule has 0 radical (unpaired) electrons. The zero-order valence-electron chi connectivity index (χ0n) is 14.6. The molecule has 0 aliphatic heterocycles. The standard InChI is InChI=1S/C21H14Cl2N4O/c22-16-6-2-14(3-7-16)18-10-13-26-20(25-27(21(26)28)12-1-11-24)19(18)15-4-8-17(23)9-5-15/h2-10,13H,1,12H2. The van der Waals surface area contributed by atoms with E-state index in [1.54, 1.807) is 18.3 Å². The number of hydrogen-bond donors (Lipinski definition) is 0. The Kier molecular flexibility index (Phi) is 4.91. The molecule has 7 heteroatoms. The number of hydrogen-bond acceptors (Lipinski definition) is 3. The van der Waals surface area contributed by atoms with Crippen molar-refractivity contribution in [2.75, 3.05) is 0 Å². The van der Waals surface area contributed by atoms with Crippen molar-refractivity contribution in [3.05, 3.63) is 81.3 Å². The van der Waals surface area contributed by atoms with Crippen molar-refractivity contribution in [1.29, 1.82) is 5.26 Å². The van der Waals surface area contributed by atoms with Crippen LogP contribution >= 0.6 is 23.2 Å². The summed E-state index contributed by atoms with van der Waals surface area (Å²) in [5.41, 5.74) is 3.83. The van der Waals surface area contributed by atoms with Crippen LogP contribution in [-0.4, -0.2) is 14.2 Å². The first kappa shape index (κ1) is 18.3. The lowest BCUT2D eigenvalue weighted by atomic mass is 9.96. The Hall–Kier alpha value is -3.07. The summed E-state index contributed by atoms with van der Waals surface area (Å²) in [6.07, 6.45) is 1.92. The molecule has 0 aliphatic rings. The zero-order chi connectivity index (χ0) is 19.7. The van der Waals surface area contributed by atoms with Crippen LogP contribution in [0.15, 0.2) is 65.6 Å². The van der Waals surface area contributed by atoms with Gasteiger partial charge in [-0.25, -0.2) is 13.9 Å². The minimum Gasteiger partial charge on any atom is -0.250 e. The van der Waals surface area contributed by atoms with E-state index in [-0.39, 0.29) is 18.7 Å². The number of halogens is 2. The lowest BCUT2D eigenvalue weighted by Crippen LogP contribution is -2.20. The molecule has 2 aromatic carbocycles. The quantitative estimate of drug-likeness (QED) is 0.474. The molecule has 5 nitrogen and oxygen atoms in total. The van der Waals surface area contributed by atoms with E-state index in [4.69, 9.17) is 28.5 Å². The van der Waals surface area contributed by atoms with E-state index in [0.29, 0.717) is 15.7 Å². The first-order valence-electron chi connectivity index (χ1n) is 8.59. The fraction of sp³-hybridized carbons (Fsp3) is 0.0952. The average Bonchev–Trinajstić information content (AvgIpc) is 3.03. The normalized spacial score (nSPS) is 10.9. The minimum atomic E-state index is -0.275. The van der Waals surface area contributed by atoms with Crippen LogP contribution < -0.4 is 5.69 Å². The third-order valence-corrected chi connectivity index (χ3v) is 4.98. The molecular formula is C21H14Cl2N4O. The molecule has 0 N–H and O–H groups in total. The Morgan fingerprint density at radius 1 is 0.929 bits per heavy atom. The maximum absolute atomic E-state index is 12.7. The highest BCUT2D eigenvalue weighted by atomic mass is 35.5. The number of aromatic nitrogens is 3. The molecule has 28 heavy (non-hydrogen) atoms. The van der Waals surface area contributed by atoms with Crippen LogP contribution in [0.3, 0.4) is 0 Å². The fourth-order valence-corrected chi connectivity index (χ4v) is 3.40. The number of nitrogens with zero attached hydrogens (tertiary/aromatic N) is 4. The summed E-state index contributed by atoms with van der Waals surface area (Å²) in [6.45, 7) is 0.243. The Balaban J connectivity index is 2.02. The molecule has 0 fully saturated rings. The van der Waals surface area contributed by atoms with E-state index in [2.05, 4.69) is 5.10 Å². The molecule has 2 heterocycles. The summed E-state index contributed by atoms with van der Waals surface area (Å²) in [5.74, 6) is 0. The largest absolute Gasteiger partial charge is 0.350 e.